The third-order valence-corrected chi connectivity index (χ3v) is 11.7. The first-order valence-electron chi connectivity index (χ1n) is 19.2. The molecule has 0 fully saturated rings. The van der Waals surface area contributed by atoms with E-state index < -0.39 is 5.41 Å². The molecule has 0 N–H and O–H groups in total. The van der Waals surface area contributed by atoms with E-state index in [9.17, 15) is 0 Å². The number of hydrogen-bond donors (Lipinski definition) is 0. The lowest BCUT2D eigenvalue weighted by Gasteiger charge is -2.35. The van der Waals surface area contributed by atoms with Crippen molar-refractivity contribution < 1.29 is 0 Å². The number of rotatable bonds is 4. The fraction of sp³-hybridized carbons (Fsp3) is 0.0377. The van der Waals surface area contributed by atoms with Gasteiger partial charge in [0.25, 0.3) is 0 Å². The lowest BCUT2D eigenvalue weighted by molar-refractivity contribution is 0.775. The summed E-state index contributed by atoms with van der Waals surface area (Å²) < 4.78 is 0. The van der Waals surface area contributed by atoms with Crippen LogP contribution in [0.5, 0.6) is 0 Å². The van der Waals surface area contributed by atoms with Crippen LogP contribution in [0.4, 0.5) is 0 Å². The molecular weight excluding hydrogens is 679 g/mol. The maximum absolute atomic E-state index is 5.36. The van der Waals surface area contributed by atoms with Crippen molar-refractivity contribution in [3.8, 4) is 78.4 Å². The molecule has 0 aliphatic heterocycles. The van der Waals surface area contributed by atoms with Gasteiger partial charge in [-0.05, 0) is 91.9 Å². The maximum Gasteiger partial charge on any atom is 0.160 e. The molecule has 3 heteroatoms. The molecule has 56 heavy (non-hydrogen) atoms. The summed E-state index contributed by atoms with van der Waals surface area (Å²) in [5, 5.41) is 0. The second kappa shape index (κ2) is 12.7. The van der Waals surface area contributed by atoms with Gasteiger partial charge in [-0.15, -0.1) is 0 Å². The minimum Gasteiger partial charge on any atom is -0.264 e. The van der Waals surface area contributed by atoms with Crippen LogP contribution in [0, 0.1) is 6.92 Å². The van der Waals surface area contributed by atoms with Crippen LogP contribution in [0.3, 0.4) is 0 Å². The zero-order valence-electron chi connectivity index (χ0n) is 30.8. The van der Waals surface area contributed by atoms with Crippen molar-refractivity contribution in [2.24, 2.45) is 0 Å². The number of nitrogens with zero attached hydrogens (tertiary/aromatic N) is 3. The van der Waals surface area contributed by atoms with Crippen molar-refractivity contribution in [2.45, 2.75) is 12.3 Å². The molecular formula is C53H35N3. The first kappa shape index (κ1) is 32.2. The fourth-order valence-corrected chi connectivity index (χ4v) is 9.15. The lowest BCUT2D eigenvalue weighted by atomic mass is 9.65. The van der Waals surface area contributed by atoms with Gasteiger partial charge < -0.3 is 0 Å². The number of hydrogen-bond acceptors (Lipinski definition) is 3. The van der Waals surface area contributed by atoms with Crippen LogP contribution in [-0.2, 0) is 5.41 Å². The van der Waals surface area contributed by atoms with E-state index in [1.54, 1.807) is 6.20 Å². The first-order chi connectivity index (χ1) is 27.7. The van der Waals surface area contributed by atoms with Gasteiger partial charge in [-0.2, -0.15) is 0 Å². The van der Waals surface area contributed by atoms with Gasteiger partial charge in [-0.3, -0.25) is 4.98 Å². The minimum absolute atomic E-state index is 0.564. The Kier molecular flexibility index (Phi) is 7.30. The molecule has 0 radical (unpaired) electrons. The molecule has 9 aromatic rings. The Bertz CT molecular complexity index is 2920. The summed E-state index contributed by atoms with van der Waals surface area (Å²) in [6.07, 6.45) is 3.69. The SMILES string of the molecule is Cc1ccc(-c2cc(-c3ccc4c(c3)C3(c5ccccc5-c5ccccc5-4)c4ccccc4-c4ccccc43)nc(-c3ccc(-c4cccnc4)cc3)n2)cc1. The van der Waals surface area contributed by atoms with Gasteiger partial charge in [0.2, 0.25) is 0 Å². The van der Waals surface area contributed by atoms with Crippen molar-refractivity contribution in [3.63, 3.8) is 0 Å². The number of benzene rings is 7. The smallest absolute Gasteiger partial charge is 0.160 e. The van der Waals surface area contributed by atoms with E-state index in [2.05, 4.69) is 188 Å². The number of pyridine rings is 1. The second-order valence-corrected chi connectivity index (χ2v) is 14.8. The average molecular weight is 714 g/mol. The average Bonchev–Trinajstić information content (AvgIpc) is 3.52. The topological polar surface area (TPSA) is 38.7 Å². The normalized spacial score (nSPS) is 12.9. The molecule has 3 nitrogen and oxygen atoms in total. The monoisotopic (exact) mass is 713 g/mol. The number of aromatic nitrogens is 3. The number of fused-ring (bicyclic) bond motifs is 12. The standard InChI is InChI=1S/C53H35N3/c1-34-20-22-36(23-21-34)50-32-51(56-52(55-50)37-26-24-35(25-27-37)39-11-10-30-54-33-39)38-28-29-45-41-13-3-2-12-40(41)42-14-4-7-17-46(42)53(49(45)31-38)47-18-8-5-15-43(47)44-16-6-9-19-48(44)53/h2-33H,1H3. The van der Waals surface area contributed by atoms with Crippen LogP contribution in [-0.4, -0.2) is 15.0 Å². The molecule has 11 rings (SSSR count). The molecule has 7 aromatic carbocycles. The van der Waals surface area contributed by atoms with Gasteiger partial charge >= 0.3 is 0 Å². The van der Waals surface area contributed by atoms with E-state index in [0.29, 0.717) is 5.82 Å². The van der Waals surface area contributed by atoms with Crippen LogP contribution in [0.2, 0.25) is 0 Å². The van der Waals surface area contributed by atoms with Crippen molar-refractivity contribution >= 4 is 0 Å². The van der Waals surface area contributed by atoms with E-state index in [1.807, 2.05) is 12.3 Å². The Morgan fingerprint density at radius 3 is 1.43 bits per heavy atom. The van der Waals surface area contributed by atoms with Crippen molar-refractivity contribution in [1.82, 2.24) is 15.0 Å². The van der Waals surface area contributed by atoms with E-state index in [4.69, 9.17) is 9.97 Å². The molecule has 0 saturated carbocycles. The molecule has 262 valence electrons. The highest BCUT2D eigenvalue weighted by molar-refractivity contribution is 5.98. The molecule has 0 unspecified atom stereocenters. The highest BCUT2D eigenvalue weighted by Crippen LogP contribution is 2.61. The Balaban J connectivity index is 1.18. The summed E-state index contributed by atoms with van der Waals surface area (Å²) in [7, 11) is 0. The van der Waals surface area contributed by atoms with Crippen LogP contribution >= 0.6 is 0 Å². The molecule has 0 bridgehead atoms. The Labute approximate surface area is 326 Å². The van der Waals surface area contributed by atoms with Gasteiger partial charge in [-0.25, -0.2) is 9.97 Å². The predicted octanol–water partition coefficient (Wildman–Crippen LogP) is 12.9. The highest BCUT2D eigenvalue weighted by Gasteiger charge is 2.49. The minimum atomic E-state index is -0.564. The largest absolute Gasteiger partial charge is 0.264 e. The molecule has 0 saturated heterocycles. The summed E-state index contributed by atoms with van der Waals surface area (Å²) in [5.74, 6) is 0.688. The van der Waals surface area contributed by atoms with E-state index in [1.165, 1.54) is 61.2 Å². The molecule has 1 spiro atoms. The summed E-state index contributed by atoms with van der Waals surface area (Å²) in [6, 6.07) is 66.2. The van der Waals surface area contributed by atoms with E-state index >= 15 is 0 Å². The van der Waals surface area contributed by atoms with Crippen LogP contribution in [0.1, 0.15) is 27.8 Å². The second-order valence-electron chi connectivity index (χ2n) is 14.8. The fourth-order valence-electron chi connectivity index (χ4n) is 9.15. The summed E-state index contributed by atoms with van der Waals surface area (Å²) in [5.41, 5.74) is 20.3. The maximum atomic E-state index is 5.36. The Hall–Kier alpha value is -7.23. The molecule has 2 aliphatic carbocycles. The van der Waals surface area contributed by atoms with Gasteiger partial charge in [0, 0.05) is 29.1 Å². The first-order valence-corrected chi connectivity index (χ1v) is 19.2. The Morgan fingerprint density at radius 1 is 0.357 bits per heavy atom. The summed E-state index contributed by atoms with van der Waals surface area (Å²) in [4.78, 5) is 14.9. The third-order valence-electron chi connectivity index (χ3n) is 11.7. The highest BCUT2D eigenvalue weighted by atomic mass is 14.9. The van der Waals surface area contributed by atoms with Crippen molar-refractivity contribution in [3.05, 3.63) is 222 Å². The molecule has 0 amide bonds. The molecule has 2 aromatic heterocycles. The molecule has 2 aliphatic rings. The van der Waals surface area contributed by atoms with Gasteiger partial charge in [0.05, 0.1) is 16.8 Å². The lowest BCUT2D eigenvalue weighted by Crippen LogP contribution is -2.29. The molecule has 0 atom stereocenters. The quantitative estimate of drug-likeness (QED) is 0.182. The van der Waals surface area contributed by atoms with Crippen LogP contribution in [0.15, 0.2) is 194 Å². The number of aryl methyl sites for hydroxylation is 1. The van der Waals surface area contributed by atoms with Gasteiger partial charge in [0.1, 0.15) is 0 Å². The van der Waals surface area contributed by atoms with E-state index in [0.717, 1.165) is 39.2 Å². The van der Waals surface area contributed by atoms with Gasteiger partial charge in [-0.1, -0.05) is 169 Å². The molecule has 2 heterocycles. The summed E-state index contributed by atoms with van der Waals surface area (Å²) in [6.45, 7) is 2.12. The zero-order chi connectivity index (χ0) is 37.2. The third kappa shape index (κ3) is 4.87. The Morgan fingerprint density at radius 2 is 0.839 bits per heavy atom. The van der Waals surface area contributed by atoms with Crippen LogP contribution < -0.4 is 0 Å². The van der Waals surface area contributed by atoms with Crippen molar-refractivity contribution in [2.75, 3.05) is 0 Å². The van der Waals surface area contributed by atoms with Gasteiger partial charge in [0.15, 0.2) is 5.82 Å². The van der Waals surface area contributed by atoms with E-state index in [-0.39, 0.29) is 0 Å². The van der Waals surface area contributed by atoms with Crippen LogP contribution in [0.25, 0.3) is 78.4 Å². The predicted molar refractivity (Wildman–Crippen MR) is 228 cm³/mol. The zero-order valence-corrected chi connectivity index (χ0v) is 30.8. The van der Waals surface area contributed by atoms with Crippen molar-refractivity contribution in [1.29, 1.82) is 0 Å². The summed E-state index contributed by atoms with van der Waals surface area (Å²) >= 11 is 0.